The molecule has 180 valence electrons. The van der Waals surface area contributed by atoms with Crippen LogP contribution >= 0.6 is 11.6 Å². The minimum atomic E-state index is -3.81. The van der Waals surface area contributed by atoms with Gasteiger partial charge in [0.15, 0.2) is 0 Å². The number of rotatable bonds is 11. The zero-order chi connectivity index (χ0) is 24.6. The van der Waals surface area contributed by atoms with Crippen LogP contribution in [0.25, 0.3) is 0 Å². The first-order valence-corrected chi connectivity index (χ1v) is 12.8. The van der Waals surface area contributed by atoms with Crippen molar-refractivity contribution in [3.63, 3.8) is 0 Å². The van der Waals surface area contributed by atoms with E-state index in [0.29, 0.717) is 37.1 Å². The number of benzene rings is 3. The first kappa shape index (κ1) is 25.9. The van der Waals surface area contributed by atoms with Gasteiger partial charge < -0.3 is 4.74 Å². The Balaban J connectivity index is 1.77. The van der Waals surface area contributed by atoms with E-state index in [2.05, 4.69) is 9.46 Å². The van der Waals surface area contributed by atoms with Crippen LogP contribution in [0.1, 0.15) is 42.0 Å². The molecule has 1 N–H and O–H groups in total. The van der Waals surface area contributed by atoms with Gasteiger partial charge in [0.2, 0.25) is 10.0 Å². The second-order valence-corrected chi connectivity index (χ2v) is 10.1. The Hall–Kier alpha value is -2.74. The zero-order valence-corrected chi connectivity index (χ0v) is 20.4. The van der Waals surface area contributed by atoms with Gasteiger partial charge in [-0.1, -0.05) is 48.0 Å². The van der Waals surface area contributed by atoms with E-state index in [9.17, 15) is 17.6 Å². The molecule has 0 saturated heterocycles. The number of carbonyl (C=O) groups excluding carboxylic acids is 1. The summed E-state index contributed by atoms with van der Waals surface area (Å²) in [5.41, 5.74) is 2.62. The molecule has 0 aromatic heterocycles. The molecule has 0 aliphatic heterocycles. The smallest absolute Gasteiger partial charge is 0.305 e. The zero-order valence-electron chi connectivity index (χ0n) is 18.8. The van der Waals surface area contributed by atoms with E-state index >= 15 is 0 Å². The fraction of sp³-hybridized carbons (Fsp3) is 0.269. The number of nitrogens with one attached hydrogen (secondary N) is 1. The van der Waals surface area contributed by atoms with E-state index in [1.807, 2.05) is 30.3 Å². The van der Waals surface area contributed by atoms with Crippen molar-refractivity contribution in [1.82, 2.24) is 4.72 Å². The first-order chi connectivity index (χ1) is 16.3. The number of sulfonamides is 1. The summed E-state index contributed by atoms with van der Waals surface area (Å²) in [6, 6.07) is 19.4. The van der Waals surface area contributed by atoms with Gasteiger partial charge in [0.05, 0.1) is 12.0 Å². The maximum absolute atomic E-state index is 13.6. The number of hydrogen-bond acceptors (Lipinski definition) is 4. The molecule has 3 aromatic rings. The van der Waals surface area contributed by atoms with Crippen molar-refractivity contribution in [3.05, 3.63) is 100 Å². The Bertz CT molecular complexity index is 1200. The highest BCUT2D eigenvalue weighted by Gasteiger charge is 2.22. The van der Waals surface area contributed by atoms with Gasteiger partial charge in [-0.3, -0.25) is 4.79 Å². The van der Waals surface area contributed by atoms with Crippen molar-refractivity contribution in [3.8, 4) is 0 Å². The fourth-order valence-electron chi connectivity index (χ4n) is 3.62. The first-order valence-electron chi connectivity index (χ1n) is 10.9. The van der Waals surface area contributed by atoms with Crippen LogP contribution < -0.4 is 4.72 Å². The van der Waals surface area contributed by atoms with Gasteiger partial charge in [-0.25, -0.2) is 17.5 Å². The van der Waals surface area contributed by atoms with Crippen LogP contribution in [-0.2, 0) is 32.4 Å². The molecule has 1 atom stereocenters. The van der Waals surface area contributed by atoms with E-state index in [0.717, 1.165) is 16.7 Å². The van der Waals surface area contributed by atoms with Crippen LogP contribution in [0.4, 0.5) is 4.39 Å². The predicted molar refractivity (Wildman–Crippen MR) is 131 cm³/mol. The molecule has 5 nitrogen and oxygen atoms in total. The number of esters is 1. The minimum Gasteiger partial charge on any atom is -0.469 e. The summed E-state index contributed by atoms with van der Waals surface area (Å²) in [6.07, 6.45) is 2.65. The number of ether oxygens (including phenoxy) is 1. The highest BCUT2D eigenvalue weighted by atomic mass is 35.5. The van der Waals surface area contributed by atoms with Crippen LogP contribution in [0.15, 0.2) is 77.7 Å². The highest BCUT2D eigenvalue weighted by molar-refractivity contribution is 7.89. The normalized spacial score (nSPS) is 12.3. The highest BCUT2D eigenvalue weighted by Crippen LogP contribution is 2.24. The van der Waals surface area contributed by atoms with Gasteiger partial charge in [-0.15, -0.1) is 0 Å². The van der Waals surface area contributed by atoms with Crippen LogP contribution in [-0.4, -0.2) is 21.5 Å². The SMILES string of the molecule is COC(=O)CCCc1ccc(C(CCc2cccc(F)c2)NS(=O)(=O)c2ccc(Cl)cc2)cc1. The molecular formula is C26H27ClFNO4S. The summed E-state index contributed by atoms with van der Waals surface area (Å²) in [5, 5.41) is 0.449. The molecule has 0 saturated carbocycles. The Morgan fingerprint density at radius 3 is 2.35 bits per heavy atom. The van der Waals surface area contributed by atoms with Crippen molar-refractivity contribution in [1.29, 1.82) is 0 Å². The Morgan fingerprint density at radius 1 is 1.00 bits per heavy atom. The number of hydrogen-bond donors (Lipinski definition) is 1. The second kappa shape index (κ2) is 12.1. The molecule has 0 radical (unpaired) electrons. The van der Waals surface area contributed by atoms with Crippen LogP contribution in [0.5, 0.6) is 0 Å². The molecule has 1 unspecified atom stereocenters. The molecule has 0 aliphatic rings. The van der Waals surface area contributed by atoms with Gasteiger partial charge >= 0.3 is 5.97 Å². The van der Waals surface area contributed by atoms with E-state index < -0.39 is 16.1 Å². The summed E-state index contributed by atoms with van der Waals surface area (Å²) < 4.78 is 47.1. The van der Waals surface area contributed by atoms with Crippen molar-refractivity contribution >= 4 is 27.6 Å². The lowest BCUT2D eigenvalue weighted by Crippen LogP contribution is -2.29. The summed E-state index contributed by atoms with van der Waals surface area (Å²) in [6.45, 7) is 0. The van der Waals surface area contributed by atoms with Crippen LogP contribution in [0.3, 0.4) is 0 Å². The van der Waals surface area contributed by atoms with E-state index in [1.54, 1.807) is 6.07 Å². The molecule has 3 aromatic carbocycles. The summed E-state index contributed by atoms with van der Waals surface area (Å²) in [4.78, 5) is 11.4. The number of aryl methyl sites for hydroxylation is 2. The lowest BCUT2D eigenvalue weighted by Gasteiger charge is -2.20. The summed E-state index contributed by atoms with van der Waals surface area (Å²) in [7, 11) is -2.44. The van der Waals surface area contributed by atoms with Gasteiger partial charge in [-0.05, 0) is 78.8 Å². The lowest BCUT2D eigenvalue weighted by molar-refractivity contribution is -0.140. The van der Waals surface area contributed by atoms with Gasteiger partial charge in [0, 0.05) is 17.5 Å². The molecule has 0 spiro atoms. The number of carbonyl (C=O) groups is 1. The van der Waals surface area contributed by atoms with Crippen molar-refractivity contribution < 1.29 is 22.3 Å². The Kier molecular flexibility index (Phi) is 9.21. The van der Waals surface area contributed by atoms with E-state index in [-0.39, 0.29) is 16.7 Å². The third kappa shape index (κ3) is 7.65. The second-order valence-electron chi connectivity index (χ2n) is 7.97. The molecule has 3 rings (SSSR count). The minimum absolute atomic E-state index is 0.118. The van der Waals surface area contributed by atoms with Crippen LogP contribution in [0.2, 0.25) is 5.02 Å². The molecule has 8 heteroatoms. The molecule has 0 heterocycles. The molecule has 0 bridgehead atoms. The number of halogens is 2. The third-order valence-electron chi connectivity index (χ3n) is 5.49. The quantitative estimate of drug-likeness (QED) is 0.344. The molecule has 0 fully saturated rings. The standard InChI is InChI=1S/C26H27ClFNO4S/c1-33-26(30)7-3-4-19-8-11-21(12-9-19)25(17-10-20-5-2-6-23(28)18-20)29-34(31,32)24-15-13-22(27)14-16-24/h2,5-6,8-9,11-16,18,25,29H,3-4,7,10,17H2,1H3. The lowest BCUT2D eigenvalue weighted by atomic mass is 9.98. The fourth-order valence-corrected chi connectivity index (χ4v) is 5.01. The average Bonchev–Trinajstić information content (AvgIpc) is 2.82. The molecule has 34 heavy (non-hydrogen) atoms. The average molecular weight is 504 g/mol. The molecule has 0 amide bonds. The Labute approximate surface area is 205 Å². The van der Waals surface area contributed by atoms with Crippen molar-refractivity contribution in [2.75, 3.05) is 7.11 Å². The topological polar surface area (TPSA) is 72.5 Å². The van der Waals surface area contributed by atoms with E-state index in [4.69, 9.17) is 11.6 Å². The van der Waals surface area contributed by atoms with Gasteiger partial charge in [0.1, 0.15) is 5.82 Å². The summed E-state index contributed by atoms with van der Waals surface area (Å²) in [5.74, 6) is -0.572. The maximum atomic E-state index is 13.6. The van der Waals surface area contributed by atoms with Crippen LogP contribution in [0, 0.1) is 5.82 Å². The largest absolute Gasteiger partial charge is 0.469 e. The molecular weight excluding hydrogens is 477 g/mol. The van der Waals surface area contributed by atoms with Gasteiger partial charge in [0.25, 0.3) is 0 Å². The number of methoxy groups -OCH3 is 1. The van der Waals surface area contributed by atoms with Crippen molar-refractivity contribution in [2.24, 2.45) is 0 Å². The molecule has 0 aliphatic carbocycles. The summed E-state index contributed by atoms with van der Waals surface area (Å²) >= 11 is 5.90. The maximum Gasteiger partial charge on any atom is 0.305 e. The monoisotopic (exact) mass is 503 g/mol. The van der Waals surface area contributed by atoms with E-state index in [1.165, 1.54) is 43.5 Å². The Morgan fingerprint density at radius 2 is 1.71 bits per heavy atom. The predicted octanol–water partition coefficient (Wildman–Crippen LogP) is 5.63. The van der Waals surface area contributed by atoms with Crippen molar-refractivity contribution in [2.45, 2.75) is 43.0 Å². The van der Waals surface area contributed by atoms with Gasteiger partial charge in [-0.2, -0.15) is 0 Å². The third-order valence-corrected chi connectivity index (χ3v) is 7.23.